The highest BCUT2D eigenvalue weighted by Crippen LogP contribution is 2.37. The highest BCUT2D eigenvalue weighted by molar-refractivity contribution is 8.14. The van der Waals surface area contributed by atoms with Crippen LogP contribution in [0.25, 0.3) is 0 Å². The molecule has 0 radical (unpaired) electrons. The third-order valence-electron chi connectivity index (χ3n) is 3.66. The summed E-state index contributed by atoms with van der Waals surface area (Å²) in [5.41, 5.74) is 0.500. The molecule has 1 aliphatic carbocycles. The number of amidine groups is 1. The molecule has 1 heterocycles. The average Bonchev–Trinajstić information content (AvgIpc) is 2.84. The van der Waals surface area contributed by atoms with E-state index in [0.29, 0.717) is 11.5 Å². The van der Waals surface area contributed by atoms with Crippen LogP contribution in [0, 0.1) is 5.41 Å². The van der Waals surface area contributed by atoms with Gasteiger partial charge in [-0.15, -0.1) is 0 Å². The van der Waals surface area contributed by atoms with Crippen molar-refractivity contribution in [2.45, 2.75) is 52.0 Å². The van der Waals surface area contributed by atoms with E-state index in [1.165, 1.54) is 43.0 Å². The number of nitrogens with zero attached hydrogens (tertiary/aromatic N) is 1. The van der Waals surface area contributed by atoms with E-state index in [2.05, 4.69) is 19.2 Å². The topological polar surface area (TPSA) is 24.4 Å². The lowest BCUT2D eigenvalue weighted by Gasteiger charge is -2.20. The molecule has 0 aromatic carbocycles. The maximum absolute atomic E-state index is 4.74. The summed E-state index contributed by atoms with van der Waals surface area (Å²) in [7, 11) is 0. The zero-order valence-electron chi connectivity index (χ0n) is 9.88. The van der Waals surface area contributed by atoms with Crippen molar-refractivity contribution in [3.63, 3.8) is 0 Å². The van der Waals surface area contributed by atoms with Gasteiger partial charge >= 0.3 is 0 Å². The van der Waals surface area contributed by atoms with Crippen LogP contribution in [0.15, 0.2) is 4.99 Å². The van der Waals surface area contributed by atoms with Crippen molar-refractivity contribution in [3.8, 4) is 0 Å². The summed E-state index contributed by atoms with van der Waals surface area (Å²) in [4.78, 5) is 4.74. The Balaban J connectivity index is 1.84. The summed E-state index contributed by atoms with van der Waals surface area (Å²) in [6.45, 7) is 5.65. The van der Waals surface area contributed by atoms with Gasteiger partial charge in [0.1, 0.15) is 0 Å². The number of thioether (sulfide) groups is 1. The van der Waals surface area contributed by atoms with Gasteiger partial charge in [-0.3, -0.25) is 4.99 Å². The monoisotopic (exact) mass is 226 g/mol. The fourth-order valence-electron chi connectivity index (χ4n) is 2.40. The maximum atomic E-state index is 4.74. The maximum Gasteiger partial charge on any atom is 0.156 e. The molecule has 15 heavy (non-hydrogen) atoms. The third kappa shape index (κ3) is 2.90. The molecule has 1 N–H and O–H groups in total. The molecule has 0 spiro atoms. The fourth-order valence-corrected chi connectivity index (χ4v) is 3.48. The molecular weight excluding hydrogens is 204 g/mol. The fraction of sp³-hybridized carbons (Fsp3) is 0.917. The molecule has 0 aromatic rings. The van der Waals surface area contributed by atoms with Crippen molar-refractivity contribution in [2.24, 2.45) is 10.4 Å². The Morgan fingerprint density at radius 2 is 2.20 bits per heavy atom. The molecule has 1 saturated carbocycles. The minimum Gasteiger partial charge on any atom is -0.361 e. The largest absolute Gasteiger partial charge is 0.361 e. The van der Waals surface area contributed by atoms with Crippen LogP contribution in [0.4, 0.5) is 0 Å². The summed E-state index contributed by atoms with van der Waals surface area (Å²) in [5.74, 6) is 1.20. The lowest BCUT2D eigenvalue weighted by Crippen LogP contribution is -2.27. The van der Waals surface area contributed by atoms with Gasteiger partial charge in [0.05, 0.1) is 0 Å². The van der Waals surface area contributed by atoms with Crippen molar-refractivity contribution in [1.82, 2.24) is 5.32 Å². The minimum atomic E-state index is 0.500. The number of hydrogen-bond acceptors (Lipinski definition) is 2. The molecular formula is C12H22N2S. The van der Waals surface area contributed by atoms with E-state index in [-0.39, 0.29) is 0 Å². The van der Waals surface area contributed by atoms with Gasteiger partial charge in [0.15, 0.2) is 5.17 Å². The Labute approximate surface area is 97.3 Å². The summed E-state index contributed by atoms with van der Waals surface area (Å²) in [5, 5.41) is 4.68. The molecule has 0 amide bonds. The van der Waals surface area contributed by atoms with Crippen molar-refractivity contribution in [1.29, 1.82) is 0 Å². The predicted octanol–water partition coefficient (Wildman–Crippen LogP) is 3.04. The molecule has 3 heteroatoms. The summed E-state index contributed by atoms with van der Waals surface area (Å²) in [6.07, 6.45) is 6.75. The van der Waals surface area contributed by atoms with E-state index in [1.54, 1.807) is 0 Å². The molecule has 2 aliphatic rings. The average molecular weight is 226 g/mol. The Morgan fingerprint density at radius 3 is 2.80 bits per heavy atom. The summed E-state index contributed by atoms with van der Waals surface area (Å²) < 4.78 is 0. The van der Waals surface area contributed by atoms with Gasteiger partial charge in [-0.2, -0.15) is 0 Å². The van der Waals surface area contributed by atoms with Crippen LogP contribution >= 0.6 is 11.8 Å². The molecule has 0 aromatic heterocycles. The molecule has 2 nitrogen and oxygen atoms in total. The number of rotatable bonds is 3. The van der Waals surface area contributed by atoms with Crippen LogP contribution in [-0.4, -0.2) is 23.5 Å². The normalized spacial score (nSPS) is 32.1. The van der Waals surface area contributed by atoms with E-state index in [4.69, 9.17) is 4.99 Å². The second kappa shape index (κ2) is 4.77. The summed E-state index contributed by atoms with van der Waals surface area (Å²) in [6, 6.07) is 0.658. The first-order valence-corrected chi connectivity index (χ1v) is 7.14. The molecule has 1 aliphatic heterocycles. The van der Waals surface area contributed by atoms with Crippen molar-refractivity contribution in [3.05, 3.63) is 0 Å². The van der Waals surface area contributed by atoms with E-state index < -0.39 is 0 Å². The predicted molar refractivity (Wildman–Crippen MR) is 68.5 cm³/mol. The van der Waals surface area contributed by atoms with Gasteiger partial charge in [0.2, 0.25) is 0 Å². The molecule has 0 bridgehead atoms. The highest BCUT2D eigenvalue weighted by atomic mass is 32.2. The van der Waals surface area contributed by atoms with Gasteiger partial charge < -0.3 is 5.32 Å². The Kier molecular flexibility index (Phi) is 3.60. The molecule has 2 rings (SSSR count). The van der Waals surface area contributed by atoms with Gasteiger partial charge in [-0.1, -0.05) is 38.5 Å². The van der Waals surface area contributed by atoms with Crippen LogP contribution < -0.4 is 5.32 Å². The van der Waals surface area contributed by atoms with Crippen LogP contribution in [0.5, 0.6) is 0 Å². The highest BCUT2D eigenvalue weighted by Gasteiger charge is 2.29. The smallest absolute Gasteiger partial charge is 0.156 e. The van der Waals surface area contributed by atoms with Crippen LogP contribution in [0.3, 0.4) is 0 Å². The summed E-state index contributed by atoms with van der Waals surface area (Å²) >= 11 is 1.90. The molecule has 86 valence electrons. The molecule has 2 fully saturated rings. The SMILES string of the molecule is CCC1CSC(=NCC2(C)CCCC2)N1. The first kappa shape index (κ1) is 11.3. The second-order valence-electron chi connectivity index (χ2n) is 5.20. The van der Waals surface area contributed by atoms with Gasteiger partial charge in [0, 0.05) is 18.3 Å². The first-order chi connectivity index (χ1) is 7.22. The van der Waals surface area contributed by atoms with Crippen LogP contribution in [-0.2, 0) is 0 Å². The quantitative estimate of drug-likeness (QED) is 0.800. The molecule has 1 unspecified atom stereocenters. The third-order valence-corrected chi connectivity index (χ3v) is 4.75. The Morgan fingerprint density at radius 1 is 1.47 bits per heavy atom. The lowest BCUT2D eigenvalue weighted by molar-refractivity contribution is 0.351. The Bertz CT molecular complexity index is 244. The zero-order valence-corrected chi connectivity index (χ0v) is 10.7. The van der Waals surface area contributed by atoms with Crippen LogP contribution in [0.2, 0.25) is 0 Å². The van der Waals surface area contributed by atoms with Crippen molar-refractivity contribution < 1.29 is 0 Å². The van der Waals surface area contributed by atoms with E-state index >= 15 is 0 Å². The number of nitrogens with one attached hydrogen (secondary N) is 1. The van der Waals surface area contributed by atoms with Gasteiger partial charge in [-0.25, -0.2) is 0 Å². The van der Waals surface area contributed by atoms with Crippen molar-refractivity contribution >= 4 is 16.9 Å². The van der Waals surface area contributed by atoms with E-state index in [9.17, 15) is 0 Å². The minimum absolute atomic E-state index is 0.500. The van der Waals surface area contributed by atoms with E-state index in [1.807, 2.05) is 11.8 Å². The number of aliphatic imine (C=N–C) groups is 1. The lowest BCUT2D eigenvalue weighted by atomic mass is 9.89. The Hall–Kier alpha value is -0.180. The second-order valence-corrected chi connectivity index (χ2v) is 6.21. The number of hydrogen-bond donors (Lipinski definition) is 1. The zero-order chi connectivity index (χ0) is 10.7. The van der Waals surface area contributed by atoms with Gasteiger partial charge in [-0.05, 0) is 24.7 Å². The standard InChI is InChI=1S/C12H22N2S/c1-3-10-8-15-11(14-10)13-9-12(2)6-4-5-7-12/h10H,3-9H2,1-2H3,(H,13,14). The van der Waals surface area contributed by atoms with E-state index in [0.717, 1.165) is 6.54 Å². The first-order valence-electron chi connectivity index (χ1n) is 6.16. The van der Waals surface area contributed by atoms with Crippen molar-refractivity contribution in [2.75, 3.05) is 12.3 Å². The molecule has 1 saturated heterocycles. The van der Waals surface area contributed by atoms with Crippen LogP contribution in [0.1, 0.15) is 46.0 Å². The molecule has 1 atom stereocenters. The van der Waals surface area contributed by atoms with Gasteiger partial charge in [0.25, 0.3) is 0 Å².